The van der Waals surface area contributed by atoms with Crippen molar-refractivity contribution in [3.8, 4) is 0 Å². The summed E-state index contributed by atoms with van der Waals surface area (Å²) in [6.45, 7) is 5.61. The Labute approximate surface area is 86.9 Å². The van der Waals surface area contributed by atoms with Gasteiger partial charge in [-0.15, -0.1) is 0 Å². The van der Waals surface area contributed by atoms with Crippen LogP contribution in [0.25, 0.3) is 0 Å². The highest BCUT2D eigenvalue weighted by atomic mass is 16.5. The first kappa shape index (κ1) is 12.0. The summed E-state index contributed by atoms with van der Waals surface area (Å²) in [6.07, 6.45) is 4.59. The second-order valence-corrected chi connectivity index (χ2v) is 4.28. The normalized spacial score (nSPS) is 24.0. The molecule has 14 heavy (non-hydrogen) atoms. The summed E-state index contributed by atoms with van der Waals surface area (Å²) in [4.78, 5) is 0. The molecular formula is C11H23NO2. The molecule has 1 fully saturated rings. The Hall–Kier alpha value is -0.120. The van der Waals surface area contributed by atoms with Crippen LogP contribution in [0.15, 0.2) is 0 Å². The van der Waals surface area contributed by atoms with Gasteiger partial charge in [-0.2, -0.15) is 0 Å². The van der Waals surface area contributed by atoms with Crippen molar-refractivity contribution in [3.05, 3.63) is 0 Å². The third-order valence-corrected chi connectivity index (χ3v) is 2.58. The Morgan fingerprint density at radius 2 is 2.36 bits per heavy atom. The first-order chi connectivity index (χ1) is 6.79. The van der Waals surface area contributed by atoms with Crippen LogP contribution in [0.4, 0.5) is 0 Å². The largest absolute Gasteiger partial charge is 0.381 e. The molecule has 0 amide bonds. The summed E-state index contributed by atoms with van der Waals surface area (Å²) < 4.78 is 10.8. The molecule has 0 bridgehead atoms. The van der Waals surface area contributed by atoms with Crippen molar-refractivity contribution in [1.82, 2.24) is 0 Å². The number of hydrogen-bond donors (Lipinski definition) is 1. The molecule has 0 aromatic heterocycles. The minimum absolute atomic E-state index is 0.332. The molecule has 0 spiro atoms. The van der Waals surface area contributed by atoms with Crippen molar-refractivity contribution in [2.24, 2.45) is 11.7 Å². The zero-order valence-electron chi connectivity index (χ0n) is 9.21. The van der Waals surface area contributed by atoms with E-state index < -0.39 is 0 Å². The zero-order chi connectivity index (χ0) is 10.2. The van der Waals surface area contributed by atoms with Crippen LogP contribution in [0.2, 0.25) is 0 Å². The van der Waals surface area contributed by atoms with E-state index in [0.29, 0.717) is 12.0 Å². The Morgan fingerprint density at radius 3 is 3.00 bits per heavy atom. The molecule has 2 N–H and O–H groups in total. The topological polar surface area (TPSA) is 44.5 Å². The molecule has 84 valence electrons. The molecule has 0 aromatic rings. The number of nitrogens with two attached hydrogens (primary N) is 1. The predicted octanol–water partition coefficient (Wildman–Crippen LogP) is 1.56. The minimum atomic E-state index is 0.332. The van der Waals surface area contributed by atoms with E-state index in [-0.39, 0.29) is 0 Å². The molecule has 0 aromatic carbocycles. The van der Waals surface area contributed by atoms with Gasteiger partial charge in [-0.1, -0.05) is 0 Å². The number of ether oxygens (including phenoxy) is 2. The standard InChI is InChI=1S/C11H23NO2/c1-10(12)4-2-3-6-13-8-11-5-7-14-9-11/h10-11H,2-9,12H2,1H3. The van der Waals surface area contributed by atoms with Gasteiger partial charge in [0.05, 0.1) is 13.2 Å². The van der Waals surface area contributed by atoms with Crippen LogP contribution < -0.4 is 5.73 Å². The lowest BCUT2D eigenvalue weighted by atomic mass is 10.1. The van der Waals surface area contributed by atoms with Gasteiger partial charge in [0.2, 0.25) is 0 Å². The maximum atomic E-state index is 5.65. The van der Waals surface area contributed by atoms with Crippen molar-refractivity contribution in [2.75, 3.05) is 26.4 Å². The summed E-state index contributed by atoms with van der Waals surface area (Å²) in [6, 6.07) is 0.332. The van der Waals surface area contributed by atoms with E-state index in [0.717, 1.165) is 39.3 Å². The summed E-state index contributed by atoms with van der Waals surface area (Å²) in [5, 5.41) is 0. The van der Waals surface area contributed by atoms with Gasteiger partial charge in [-0.3, -0.25) is 0 Å². The van der Waals surface area contributed by atoms with Crippen LogP contribution in [-0.4, -0.2) is 32.5 Å². The van der Waals surface area contributed by atoms with E-state index in [2.05, 4.69) is 6.92 Å². The van der Waals surface area contributed by atoms with E-state index in [4.69, 9.17) is 15.2 Å². The van der Waals surface area contributed by atoms with E-state index >= 15 is 0 Å². The van der Waals surface area contributed by atoms with E-state index in [1.165, 1.54) is 12.8 Å². The predicted molar refractivity (Wildman–Crippen MR) is 57.2 cm³/mol. The molecule has 1 aliphatic heterocycles. The first-order valence-corrected chi connectivity index (χ1v) is 5.70. The van der Waals surface area contributed by atoms with E-state index in [9.17, 15) is 0 Å². The lowest BCUT2D eigenvalue weighted by Gasteiger charge is -2.09. The summed E-state index contributed by atoms with van der Waals surface area (Å²) in [7, 11) is 0. The van der Waals surface area contributed by atoms with Gasteiger partial charge in [-0.05, 0) is 32.6 Å². The van der Waals surface area contributed by atoms with Gasteiger partial charge < -0.3 is 15.2 Å². The van der Waals surface area contributed by atoms with Crippen molar-refractivity contribution in [1.29, 1.82) is 0 Å². The van der Waals surface area contributed by atoms with Gasteiger partial charge in [0, 0.05) is 25.2 Å². The van der Waals surface area contributed by atoms with Gasteiger partial charge in [-0.25, -0.2) is 0 Å². The smallest absolute Gasteiger partial charge is 0.0517 e. The maximum Gasteiger partial charge on any atom is 0.0517 e. The molecule has 1 rings (SSSR count). The van der Waals surface area contributed by atoms with E-state index in [1.54, 1.807) is 0 Å². The maximum absolute atomic E-state index is 5.65. The Kier molecular flexibility index (Phi) is 6.15. The monoisotopic (exact) mass is 201 g/mol. The second-order valence-electron chi connectivity index (χ2n) is 4.28. The highest BCUT2D eigenvalue weighted by Gasteiger charge is 2.14. The van der Waals surface area contributed by atoms with Gasteiger partial charge in [0.1, 0.15) is 0 Å². The first-order valence-electron chi connectivity index (χ1n) is 5.70. The van der Waals surface area contributed by atoms with Crippen molar-refractivity contribution < 1.29 is 9.47 Å². The molecule has 1 saturated heterocycles. The van der Waals surface area contributed by atoms with Crippen LogP contribution in [0.5, 0.6) is 0 Å². The molecule has 0 aliphatic carbocycles. The van der Waals surface area contributed by atoms with Crippen LogP contribution in [-0.2, 0) is 9.47 Å². The highest BCUT2D eigenvalue weighted by molar-refractivity contribution is 4.62. The van der Waals surface area contributed by atoms with Crippen LogP contribution in [0.3, 0.4) is 0 Å². The van der Waals surface area contributed by atoms with Crippen molar-refractivity contribution >= 4 is 0 Å². The number of hydrogen-bond acceptors (Lipinski definition) is 3. The SMILES string of the molecule is CC(N)CCCCOCC1CCOC1. The quantitative estimate of drug-likeness (QED) is 0.636. The fraction of sp³-hybridized carbons (Fsp3) is 1.00. The van der Waals surface area contributed by atoms with Gasteiger partial charge >= 0.3 is 0 Å². The zero-order valence-corrected chi connectivity index (χ0v) is 9.21. The molecular weight excluding hydrogens is 178 g/mol. The molecule has 3 nitrogen and oxygen atoms in total. The van der Waals surface area contributed by atoms with Crippen molar-refractivity contribution in [3.63, 3.8) is 0 Å². The molecule has 1 aliphatic rings. The van der Waals surface area contributed by atoms with E-state index in [1.807, 2.05) is 0 Å². The molecule has 2 unspecified atom stereocenters. The summed E-state index contributed by atoms with van der Waals surface area (Å²) >= 11 is 0. The average molecular weight is 201 g/mol. The highest BCUT2D eigenvalue weighted by Crippen LogP contribution is 2.12. The molecule has 2 atom stereocenters. The number of unbranched alkanes of at least 4 members (excludes halogenated alkanes) is 1. The number of rotatable bonds is 7. The summed E-state index contributed by atoms with van der Waals surface area (Å²) in [5.41, 5.74) is 5.65. The van der Waals surface area contributed by atoms with Gasteiger partial charge in [0.25, 0.3) is 0 Å². The molecule has 0 saturated carbocycles. The fourth-order valence-corrected chi connectivity index (χ4v) is 1.64. The molecule has 0 radical (unpaired) electrons. The molecule has 1 heterocycles. The van der Waals surface area contributed by atoms with Crippen LogP contribution >= 0.6 is 0 Å². The summed E-state index contributed by atoms with van der Waals surface area (Å²) in [5.74, 6) is 0.642. The third kappa shape index (κ3) is 5.58. The lowest BCUT2D eigenvalue weighted by molar-refractivity contribution is 0.0870. The fourth-order valence-electron chi connectivity index (χ4n) is 1.64. The lowest BCUT2D eigenvalue weighted by Crippen LogP contribution is -2.14. The van der Waals surface area contributed by atoms with Crippen LogP contribution in [0.1, 0.15) is 32.6 Å². The second kappa shape index (κ2) is 7.21. The molecule has 3 heteroatoms. The van der Waals surface area contributed by atoms with Crippen LogP contribution in [0, 0.1) is 5.92 Å². The van der Waals surface area contributed by atoms with Gasteiger partial charge in [0.15, 0.2) is 0 Å². The minimum Gasteiger partial charge on any atom is -0.381 e. The Morgan fingerprint density at radius 1 is 1.50 bits per heavy atom. The third-order valence-electron chi connectivity index (χ3n) is 2.58. The average Bonchev–Trinajstić information content (AvgIpc) is 2.63. The Balaban J connectivity index is 1.79. The Bertz CT molecular complexity index is 133. The van der Waals surface area contributed by atoms with Crippen molar-refractivity contribution in [2.45, 2.75) is 38.6 Å².